The minimum absolute atomic E-state index is 0.180. The summed E-state index contributed by atoms with van der Waals surface area (Å²) in [5.74, 6) is 1.72. The van der Waals surface area contributed by atoms with E-state index in [-0.39, 0.29) is 6.10 Å². The number of thiophene rings is 1. The first kappa shape index (κ1) is 18.4. The van der Waals surface area contributed by atoms with Gasteiger partial charge in [0.1, 0.15) is 5.75 Å². The van der Waals surface area contributed by atoms with Crippen LogP contribution in [0.25, 0.3) is 21.3 Å². The minimum Gasteiger partial charge on any atom is -0.481 e. The van der Waals surface area contributed by atoms with Gasteiger partial charge >= 0.3 is 0 Å². The van der Waals surface area contributed by atoms with Crippen molar-refractivity contribution in [2.45, 2.75) is 38.8 Å². The number of aryl methyl sites for hydroxylation is 1. The van der Waals surface area contributed by atoms with E-state index in [1.807, 2.05) is 18.3 Å². The molecule has 0 radical (unpaired) electrons. The van der Waals surface area contributed by atoms with E-state index in [9.17, 15) is 0 Å². The summed E-state index contributed by atoms with van der Waals surface area (Å²) in [6.07, 6.45) is 4.30. The summed E-state index contributed by atoms with van der Waals surface area (Å²) < 4.78 is 13.4. The molecule has 1 aromatic carbocycles. The Labute approximate surface area is 183 Å². The highest BCUT2D eigenvalue weighted by atomic mass is 35.5. The summed E-state index contributed by atoms with van der Waals surface area (Å²) in [4.78, 5) is 5.88. The Bertz CT molecular complexity index is 1280. The molecule has 3 aromatic heterocycles. The molecular weight excluding hydrogens is 418 g/mol. The molecule has 1 unspecified atom stereocenters. The lowest BCUT2D eigenvalue weighted by molar-refractivity contribution is 0.189. The highest BCUT2D eigenvalue weighted by Gasteiger charge is 2.34. The Kier molecular flexibility index (Phi) is 4.33. The largest absolute Gasteiger partial charge is 0.481 e. The molecule has 0 saturated carbocycles. The molecular formula is C23H20ClN3O2S. The highest BCUT2D eigenvalue weighted by molar-refractivity contribution is 7.19. The van der Waals surface area contributed by atoms with E-state index >= 15 is 0 Å². The second-order valence-corrected chi connectivity index (χ2v) is 9.36. The van der Waals surface area contributed by atoms with Crippen LogP contribution in [0.4, 0.5) is 0 Å². The van der Waals surface area contributed by atoms with E-state index in [1.165, 1.54) is 9.58 Å². The van der Waals surface area contributed by atoms with Gasteiger partial charge in [-0.2, -0.15) is 0 Å². The van der Waals surface area contributed by atoms with Crippen molar-refractivity contribution in [3.63, 3.8) is 0 Å². The van der Waals surface area contributed by atoms with Gasteiger partial charge in [-0.3, -0.25) is 4.98 Å². The third kappa shape index (κ3) is 2.86. The number of fused-ring (bicyclic) bond motifs is 3. The third-order valence-corrected chi connectivity index (χ3v) is 7.45. The normalized spacial score (nSPS) is 17.7. The molecule has 5 heterocycles. The monoisotopic (exact) mass is 437 g/mol. The van der Waals surface area contributed by atoms with Gasteiger partial charge in [0.05, 0.1) is 15.9 Å². The second kappa shape index (κ2) is 7.08. The van der Waals surface area contributed by atoms with Gasteiger partial charge in [-0.05, 0) is 30.7 Å². The maximum atomic E-state index is 6.54. The summed E-state index contributed by atoms with van der Waals surface area (Å²) in [7, 11) is 0. The van der Waals surface area contributed by atoms with Gasteiger partial charge in [0.25, 0.3) is 0 Å². The van der Waals surface area contributed by atoms with Crippen LogP contribution in [-0.2, 0) is 25.8 Å². The Balaban J connectivity index is 1.45. The molecule has 0 spiro atoms. The fraction of sp³-hybridized carbons (Fsp3) is 0.304. The van der Waals surface area contributed by atoms with Crippen LogP contribution in [0.1, 0.15) is 40.5 Å². The van der Waals surface area contributed by atoms with Crippen LogP contribution in [-0.4, -0.2) is 16.7 Å². The number of nitrogens with one attached hydrogen (secondary N) is 1. The Morgan fingerprint density at radius 2 is 2.20 bits per heavy atom. The molecule has 4 aromatic rings. The van der Waals surface area contributed by atoms with Gasteiger partial charge < -0.3 is 14.6 Å². The molecule has 1 atom stereocenters. The number of halogens is 1. The molecule has 6 rings (SSSR count). The molecule has 0 saturated heterocycles. The van der Waals surface area contributed by atoms with E-state index in [0.717, 1.165) is 77.3 Å². The SMILES string of the molecule is CCc1cc2nccc(-c3cc(Cl)cc4c3OC(c3onc5c3CNCC5)C4)c2s1. The first-order valence-electron chi connectivity index (χ1n) is 10.3. The maximum Gasteiger partial charge on any atom is 0.182 e. The van der Waals surface area contributed by atoms with Crippen LogP contribution in [0.15, 0.2) is 35.0 Å². The van der Waals surface area contributed by atoms with Crippen LogP contribution in [0.2, 0.25) is 5.02 Å². The molecule has 2 aliphatic rings. The summed E-state index contributed by atoms with van der Waals surface area (Å²) in [5, 5.41) is 8.41. The summed E-state index contributed by atoms with van der Waals surface area (Å²) in [6, 6.07) is 8.24. The predicted octanol–water partition coefficient (Wildman–Crippen LogP) is 5.49. The average molecular weight is 438 g/mol. The first-order valence-corrected chi connectivity index (χ1v) is 11.5. The number of ether oxygens (including phenoxy) is 1. The number of hydrogen-bond donors (Lipinski definition) is 1. The van der Waals surface area contributed by atoms with Gasteiger partial charge in [0.2, 0.25) is 0 Å². The molecule has 0 aliphatic carbocycles. The van der Waals surface area contributed by atoms with E-state index in [1.54, 1.807) is 11.3 Å². The molecule has 2 aliphatic heterocycles. The lowest BCUT2D eigenvalue weighted by Crippen LogP contribution is -2.24. The fourth-order valence-electron chi connectivity index (χ4n) is 4.46. The van der Waals surface area contributed by atoms with E-state index in [2.05, 4.69) is 34.5 Å². The van der Waals surface area contributed by atoms with Crippen LogP contribution in [0.3, 0.4) is 0 Å². The van der Waals surface area contributed by atoms with E-state index in [0.29, 0.717) is 5.02 Å². The van der Waals surface area contributed by atoms with E-state index < -0.39 is 0 Å². The fourth-order valence-corrected chi connectivity index (χ4v) is 5.78. The number of nitrogens with zero attached hydrogens (tertiary/aromatic N) is 2. The first-order chi connectivity index (χ1) is 14.7. The van der Waals surface area contributed by atoms with Crippen molar-refractivity contribution in [1.29, 1.82) is 0 Å². The van der Waals surface area contributed by atoms with Crippen molar-refractivity contribution in [2.24, 2.45) is 0 Å². The molecule has 5 nitrogen and oxygen atoms in total. The topological polar surface area (TPSA) is 60.2 Å². The zero-order chi connectivity index (χ0) is 20.2. The quantitative estimate of drug-likeness (QED) is 0.459. The second-order valence-electron chi connectivity index (χ2n) is 7.79. The van der Waals surface area contributed by atoms with Gasteiger partial charge in [0, 0.05) is 64.3 Å². The van der Waals surface area contributed by atoms with Crippen molar-refractivity contribution in [3.05, 3.63) is 62.9 Å². The average Bonchev–Trinajstić information content (AvgIpc) is 3.48. The van der Waals surface area contributed by atoms with Crippen molar-refractivity contribution >= 4 is 33.2 Å². The van der Waals surface area contributed by atoms with Crippen molar-refractivity contribution in [1.82, 2.24) is 15.5 Å². The molecule has 0 amide bonds. The molecule has 0 bridgehead atoms. The minimum atomic E-state index is -0.180. The lowest BCUT2D eigenvalue weighted by Gasteiger charge is -2.15. The lowest BCUT2D eigenvalue weighted by atomic mass is 9.99. The molecule has 30 heavy (non-hydrogen) atoms. The van der Waals surface area contributed by atoms with Crippen LogP contribution in [0, 0.1) is 0 Å². The maximum absolute atomic E-state index is 6.54. The van der Waals surface area contributed by atoms with Crippen LogP contribution < -0.4 is 10.1 Å². The smallest absolute Gasteiger partial charge is 0.182 e. The summed E-state index contributed by atoms with van der Waals surface area (Å²) in [5.41, 5.74) is 6.45. The van der Waals surface area contributed by atoms with Gasteiger partial charge in [0.15, 0.2) is 11.9 Å². The summed E-state index contributed by atoms with van der Waals surface area (Å²) in [6.45, 7) is 3.88. The molecule has 152 valence electrons. The third-order valence-electron chi connectivity index (χ3n) is 5.93. The van der Waals surface area contributed by atoms with Gasteiger partial charge in [-0.25, -0.2) is 0 Å². The molecule has 7 heteroatoms. The molecule has 1 N–H and O–H groups in total. The predicted molar refractivity (Wildman–Crippen MR) is 118 cm³/mol. The Hall–Kier alpha value is -2.41. The van der Waals surface area contributed by atoms with E-state index in [4.69, 9.17) is 20.9 Å². The van der Waals surface area contributed by atoms with Crippen LogP contribution >= 0.6 is 22.9 Å². The molecule has 0 fully saturated rings. The number of benzene rings is 1. The number of pyridine rings is 1. The van der Waals surface area contributed by atoms with Gasteiger partial charge in [-0.1, -0.05) is 23.7 Å². The Morgan fingerprint density at radius 1 is 1.27 bits per heavy atom. The number of aromatic nitrogens is 2. The van der Waals surface area contributed by atoms with Crippen molar-refractivity contribution < 1.29 is 9.26 Å². The summed E-state index contributed by atoms with van der Waals surface area (Å²) >= 11 is 8.33. The highest BCUT2D eigenvalue weighted by Crippen LogP contribution is 2.48. The van der Waals surface area contributed by atoms with Crippen molar-refractivity contribution in [2.75, 3.05) is 6.54 Å². The number of rotatable bonds is 3. The van der Waals surface area contributed by atoms with Crippen LogP contribution in [0.5, 0.6) is 5.75 Å². The van der Waals surface area contributed by atoms with Crippen molar-refractivity contribution in [3.8, 4) is 16.9 Å². The van der Waals surface area contributed by atoms with Gasteiger partial charge in [-0.15, -0.1) is 11.3 Å². The standard InChI is InChI=1S/C23H20ClN3O2S/c1-2-14-10-19-23(30-14)15(3-6-26-19)16-9-13(24)7-12-8-20(28-21(12)16)22-17-11-25-5-4-18(17)27-29-22/h3,6-7,9-10,20,25H,2,4-5,8,11H2,1H3. The zero-order valence-corrected chi connectivity index (χ0v) is 18.1. The zero-order valence-electron chi connectivity index (χ0n) is 16.5. The Morgan fingerprint density at radius 3 is 3.10 bits per heavy atom. The number of hydrogen-bond acceptors (Lipinski definition) is 6.